The van der Waals surface area contributed by atoms with Gasteiger partial charge in [-0.25, -0.2) is 0 Å². The van der Waals surface area contributed by atoms with Gasteiger partial charge in [0, 0.05) is 24.3 Å². The number of aryl methyl sites for hydroxylation is 1. The molecule has 0 aromatic heterocycles. The van der Waals surface area contributed by atoms with E-state index in [0.29, 0.717) is 11.8 Å². The largest absolute Gasteiger partial charge is 0.372 e. The van der Waals surface area contributed by atoms with Crippen LogP contribution in [0.2, 0.25) is 0 Å². The predicted octanol–water partition coefficient (Wildman–Crippen LogP) is 4.71. The van der Waals surface area contributed by atoms with Gasteiger partial charge in [0.2, 0.25) is 0 Å². The first kappa shape index (κ1) is 16.7. The predicted molar refractivity (Wildman–Crippen MR) is 87.7 cm³/mol. The highest BCUT2D eigenvalue weighted by molar-refractivity contribution is 5.78. The molecule has 20 heavy (non-hydrogen) atoms. The van der Waals surface area contributed by atoms with Crippen LogP contribution in [0.5, 0.6) is 0 Å². The fourth-order valence-electron chi connectivity index (χ4n) is 2.19. The molecule has 0 fully saturated rings. The Hall–Kier alpha value is -1.31. The van der Waals surface area contributed by atoms with Gasteiger partial charge in [0.05, 0.1) is 0 Å². The zero-order valence-electron chi connectivity index (χ0n) is 13.6. The summed E-state index contributed by atoms with van der Waals surface area (Å²) in [5, 5.41) is 0. The highest BCUT2D eigenvalue weighted by Gasteiger charge is 2.10. The number of hydrogen-bond acceptors (Lipinski definition) is 2. The van der Waals surface area contributed by atoms with Crippen LogP contribution in [0.3, 0.4) is 0 Å². The van der Waals surface area contributed by atoms with E-state index in [-0.39, 0.29) is 0 Å². The Bertz CT molecular complexity index is 411. The molecule has 0 N–H and O–H groups in total. The Morgan fingerprint density at radius 3 is 2.00 bits per heavy atom. The second-order valence-corrected chi connectivity index (χ2v) is 6.51. The SMILES string of the molecule is Cc1cc(N(CCC(C)C)CCC(C)C)ccc1C=O. The maximum Gasteiger partial charge on any atom is 0.150 e. The van der Waals surface area contributed by atoms with Crippen molar-refractivity contribution in [1.29, 1.82) is 0 Å². The molecule has 0 saturated heterocycles. The minimum atomic E-state index is 0.715. The summed E-state index contributed by atoms with van der Waals surface area (Å²) in [6.07, 6.45) is 3.34. The third kappa shape index (κ3) is 5.36. The molecule has 0 spiro atoms. The first-order valence-electron chi connectivity index (χ1n) is 7.74. The number of hydrogen-bond donors (Lipinski definition) is 0. The van der Waals surface area contributed by atoms with Gasteiger partial charge in [-0.3, -0.25) is 4.79 Å². The number of aldehydes is 1. The highest BCUT2D eigenvalue weighted by Crippen LogP contribution is 2.20. The van der Waals surface area contributed by atoms with E-state index in [9.17, 15) is 4.79 Å². The van der Waals surface area contributed by atoms with E-state index < -0.39 is 0 Å². The van der Waals surface area contributed by atoms with Gasteiger partial charge in [-0.15, -0.1) is 0 Å². The van der Waals surface area contributed by atoms with Crippen LogP contribution in [-0.4, -0.2) is 19.4 Å². The lowest BCUT2D eigenvalue weighted by Gasteiger charge is -2.27. The molecule has 2 heteroatoms. The van der Waals surface area contributed by atoms with Gasteiger partial charge in [0.15, 0.2) is 0 Å². The van der Waals surface area contributed by atoms with Crippen LogP contribution >= 0.6 is 0 Å². The maximum absolute atomic E-state index is 10.9. The van der Waals surface area contributed by atoms with E-state index in [1.807, 2.05) is 13.0 Å². The normalized spacial score (nSPS) is 11.2. The smallest absolute Gasteiger partial charge is 0.150 e. The van der Waals surface area contributed by atoms with Crippen LogP contribution in [0.4, 0.5) is 5.69 Å². The number of anilines is 1. The molecule has 0 saturated carbocycles. The lowest BCUT2D eigenvalue weighted by Crippen LogP contribution is -2.27. The molecule has 0 aliphatic carbocycles. The lowest BCUT2D eigenvalue weighted by atomic mass is 10.1. The summed E-state index contributed by atoms with van der Waals surface area (Å²) < 4.78 is 0. The van der Waals surface area contributed by atoms with Gasteiger partial charge >= 0.3 is 0 Å². The lowest BCUT2D eigenvalue weighted by molar-refractivity contribution is 0.112. The average molecular weight is 275 g/mol. The molecular weight excluding hydrogens is 246 g/mol. The molecule has 1 aromatic rings. The average Bonchev–Trinajstić information content (AvgIpc) is 2.38. The summed E-state index contributed by atoms with van der Waals surface area (Å²) in [5.74, 6) is 1.43. The molecule has 0 bridgehead atoms. The Morgan fingerprint density at radius 1 is 1.05 bits per heavy atom. The standard InChI is InChI=1S/C18H29NO/c1-14(2)8-10-19(11-9-15(3)4)18-7-6-17(13-20)16(5)12-18/h6-7,12-15H,8-11H2,1-5H3. The van der Waals surface area contributed by atoms with Crippen molar-refractivity contribution in [3.05, 3.63) is 29.3 Å². The zero-order chi connectivity index (χ0) is 15.1. The van der Waals surface area contributed by atoms with Crippen molar-refractivity contribution in [2.75, 3.05) is 18.0 Å². The summed E-state index contributed by atoms with van der Waals surface area (Å²) in [6.45, 7) is 13.2. The zero-order valence-corrected chi connectivity index (χ0v) is 13.6. The fourth-order valence-corrected chi connectivity index (χ4v) is 2.19. The Morgan fingerprint density at radius 2 is 1.60 bits per heavy atom. The molecule has 0 unspecified atom stereocenters. The van der Waals surface area contributed by atoms with Crippen molar-refractivity contribution in [3.63, 3.8) is 0 Å². The molecule has 0 aliphatic rings. The van der Waals surface area contributed by atoms with Crippen LogP contribution in [0.15, 0.2) is 18.2 Å². The van der Waals surface area contributed by atoms with Crippen molar-refractivity contribution in [3.8, 4) is 0 Å². The Labute approximate surface area is 124 Å². The maximum atomic E-state index is 10.9. The molecular formula is C18H29NO. The van der Waals surface area contributed by atoms with Crippen LogP contribution in [0.25, 0.3) is 0 Å². The molecule has 0 radical (unpaired) electrons. The van der Waals surface area contributed by atoms with Crippen LogP contribution in [0.1, 0.15) is 56.5 Å². The summed E-state index contributed by atoms with van der Waals surface area (Å²) in [6, 6.07) is 6.16. The molecule has 0 atom stereocenters. The summed E-state index contributed by atoms with van der Waals surface area (Å²) in [7, 11) is 0. The second kappa shape index (κ2) is 8.08. The number of carbonyl (C=O) groups is 1. The molecule has 1 rings (SSSR count). The number of carbonyl (C=O) groups excluding carboxylic acids is 1. The van der Waals surface area contributed by atoms with E-state index in [4.69, 9.17) is 0 Å². The van der Waals surface area contributed by atoms with E-state index in [1.165, 1.54) is 18.5 Å². The van der Waals surface area contributed by atoms with Crippen molar-refractivity contribution in [1.82, 2.24) is 0 Å². The third-order valence-corrected chi connectivity index (χ3v) is 3.70. The molecule has 1 aromatic carbocycles. The van der Waals surface area contributed by atoms with E-state index in [2.05, 4.69) is 44.7 Å². The summed E-state index contributed by atoms with van der Waals surface area (Å²) >= 11 is 0. The monoisotopic (exact) mass is 275 g/mol. The quantitative estimate of drug-likeness (QED) is 0.641. The number of rotatable bonds is 8. The minimum absolute atomic E-state index is 0.715. The molecule has 0 heterocycles. The first-order chi connectivity index (χ1) is 9.43. The Kier molecular flexibility index (Phi) is 6.77. The number of nitrogens with zero attached hydrogens (tertiary/aromatic N) is 1. The molecule has 2 nitrogen and oxygen atoms in total. The van der Waals surface area contributed by atoms with Gasteiger partial charge in [-0.05, 0) is 55.4 Å². The van der Waals surface area contributed by atoms with Gasteiger partial charge in [0.1, 0.15) is 6.29 Å². The Balaban J connectivity index is 2.84. The van der Waals surface area contributed by atoms with E-state index in [0.717, 1.165) is 30.5 Å². The van der Waals surface area contributed by atoms with Gasteiger partial charge < -0.3 is 4.90 Å². The molecule has 0 aliphatic heterocycles. The summed E-state index contributed by atoms with van der Waals surface area (Å²) in [5.41, 5.74) is 3.10. The molecule has 0 amide bonds. The summed E-state index contributed by atoms with van der Waals surface area (Å²) in [4.78, 5) is 13.4. The third-order valence-electron chi connectivity index (χ3n) is 3.70. The van der Waals surface area contributed by atoms with Crippen LogP contribution < -0.4 is 4.90 Å². The van der Waals surface area contributed by atoms with Crippen LogP contribution in [-0.2, 0) is 0 Å². The fraction of sp³-hybridized carbons (Fsp3) is 0.611. The van der Waals surface area contributed by atoms with Gasteiger partial charge in [-0.2, -0.15) is 0 Å². The number of benzene rings is 1. The van der Waals surface area contributed by atoms with Crippen molar-refractivity contribution in [2.24, 2.45) is 11.8 Å². The topological polar surface area (TPSA) is 20.3 Å². The van der Waals surface area contributed by atoms with Crippen molar-refractivity contribution >= 4 is 12.0 Å². The van der Waals surface area contributed by atoms with Gasteiger partial charge in [-0.1, -0.05) is 27.7 Å². The first-order valence-corrected chi connectivity index (χ1v) is 7.74. The van der Waals surface area contributed by atoms with E-state index >= 15 is 0 Å². The molecule has 112 valence electrons. The second-order valence-electron chi connectivity index (χ2n) is 6.51. The van der Waals surface area contributed by atoms with E-state index in [1.54, 1.807) is 0 Å². The minimum Gasteiger partial charge on any atom is -0.372 e. The van der Waals surface area contributed by atoms with Crippen LogP contribution in [0, 0.1) is 18.8 Å². The van der Waals surface area contributed by atoms with Crippen molar-refractivity contribution < 1.29 is 4.79 Å². The van der Waals surface area contributed by atoms with Gasteiger partial charge in [0.25, 0.3) is 0 Å². The van der Waals surface area contributed by atoms with Crippen molar-refractivity contribution in [2.45, 2.75) is 47.5 Å². The highest BCUT2D eigenvalue weighted by atomic mass is 16.1.